The van der Waals surface area contributed by atoms with Crippen molar-refractivity contribution in [1.29, 1.82) is 0 Å². The number of benzene rings is 1. The van der Waals surface area contributed by atoms with Crippen molar-refractivity contribution >= 4 is 17.0 Å². The number of imidazole rings is 1. The van der Waals surface area contributed by atoms with E-state index >= 15 is 0 Å². The van der Waals surface area contributed by atoms with Crippen LogP contribution < -0.4 is 0 Å². The smallest absolute Gasteiger partial charge is 0.337 e. The number of hydrogen-bond acceptors (Lipinski definition) is 2. The molecule has 0 saturated heterocycles. The molecule has 0 spiro atoms. The fraction of sp³-hybridized carbons (Fsp3) is 0.333. The fourth-order valence-electron chi connectivity index (χ4n) is 1.72. The van der Waals surface area contributed by atoms with Crippen molar-refractivity contribution in [3.8, 4) is 0 Å². The van der Waals surface area contributed by atoms with Gasteiger partial charge in [-0.25, -0.2) is 9.78 Å². The van der Waals surface area contributed by atoms with Crippen LogP contribution in [0.1, 0.15) is 35.9 Å². The van der Waals surface area contributed by atoms with E-state index in [9.17, 15) is 4.79 Å². The lowest BCUT2D eigenvalue weighted by atomic mass is 10.2. The topological polar surface area (TPSA) is 66.0 Å². The van der Waals surface area contributed by atoms with Crippen LogP contribution in [0.15, 0.2) is 18.2 Å². The number of rotatable bonds is 4. The molecule has 0 atom stereocenters. The Morgan fingerprint density at radius 3 is 3.00 bits per heavy atom. The normalized spacial score (nSPS) is 10.8. The number of nitrogens with zero attached hydrogens (tertiary/aromatic N) is 1. The molecular weight excluding hydrogens is 204 g/mol. The fourth-order valence-corrected chi connectivity index (χ4v) is 1.72. The number of aromatic nitrogens is 2. The molecule has 0 aliphatic heterocycles. The molecule has 0 aliphatic carbocycles. The van der Waals surface area contributed by atoms with Crippen molar-refractivity contribution in [3.63, 3.8) is 0 Å². The van der Waals surface area contributed by atoms with Crippen molar-refractivity contribution in [3.05, 3.63) is 29.6 Å². The highest BCUT2D eigenvalue weighted by Crippen LogP contribution is 2.17. The summed E-state index contributed by atoms with van der Waals surface area (Å²) in [4.78, 5) is 18.5. The zero-order chi connectivity index (χ0) is 11.5. The largest absolute Gasteiger partial charge is 0.478 e. The van der Waals surface area contributed by atoms with Gasteiger partial charge in [-0.3, -0.25) is 0 Å². The van der Waals surface area contributed by atoms with Gasteiger partial charge >= 0.3 is 5.97 Å². The summed E-state index contributed by atoms with van der Waals surface area (Å²) in [5.41, 5.74) is 1.61. The summed E-state index contributed by atoms with van der Waals surface area (Å²) in [5, 5.41) is 9.01. The standard InChI is InChI=1S/C12H14N2O2/c1-2-3-7-10-13-9-6-4-5-8(12(15)16)11(9)14-10/h4-6H,2-3,7H2,1H3,(H,13,14)(H,15,16). The molecule has 1 aromatic heterocycles. The van der Waals surface area contributed by atoms with Gasteiger partial charge in [-0.05, 0) is 18.6 Å². The Bertz CT molecular complexity index is 517. The second-order valence-electron chi connectivity index (χ2n) is 3.79. The zero-order valence-electron chi connectivity index (χ0n) is 9.16. The number of aryl methyl sites for hydroxylation is 1. The lowest BCUT2D eigenvalue weighted by molar-refractivity contribution is 0.0699. The maximum absolute atomic E-state index is 11.0. The first-order valence-electron chi connectivity index (χ1n) is 5.43. The van der Waals surface area contributed by atoms with E-state index in [0.717, 1.165) is 30.6 Å². The zero-order valence-corrected chi connectivity index (χ0v) is 9.16. The first-order valence-corrected chi connectivity index (χ1v) is 5.43. The van der Waals surface area contributed by atoms with Gasteiger partial charge in [0, 0.05) is 6.42 Å². The number of para-hydroxylation sites is 1. The molecule has 0 amide bonds. The van der Waals surface area contributed by atoms with Gasteiger partial charge in [-0.1, -0.05) is 19.4 Å². The lowest BCUT2D eigenvalue weighted by Crippen LogP contribution is -1.96. The Hall–Kier alpha value is -1.84. The molecule has 1 heterocycles. The van der Waals surface area contributed by atoms with Crippen LogP contribution in [-0.4, -0.2) is 21.0 Å². The summed E-state index contributed by atoms with van der Waals surface area (Å²) in [6, 6.07) is 5.16. The summed E-state index contributed by atoms with van der Waals surface area (Å²) in [5.74, 6) is -0.0651. The molecule has 0 fully saturated rings. The van der Waals surface area contributed by atoms with Gasteiger partial charge in [0.25, 0.3) is 0 Å². The van der Waals surface area contributed by atoms with Gasteiger partial charge in [0.15, 0.2) is 0 Å². The second kappa shape index (κ2) is 4.35. The molecule has 16 heavy (non-hydrogen) atoms. The van der Waals surface area contributed by atoms with E-state index in [1.165, 1.54) is 0 Å². The average Bonchev–Trinajstić information content (AvgIpc) is 2.68. The van der Waals surface area contributed by atoms with E-state index in [0.29, 0.717) is 5.52 Å². The molecule has 0 radical (unpaired) electrons. The third-order valence-electron chi connectivity index (χ3n) is 2.56. The molecule has 84 valence electrons. The van der Waals surface area contributed by atoms with E-state index < -0.39 is 5.97 Å². The van der Waals surface area contributed by atoms with Gasteiger partial charge in [0.05, 0.1) is 11.1 Å². The number of aromatic amines is 1. The van der Waals surface area contributed by atoms with E-state index in [4.69, 9.17) is 5.11 Å². The van der Waals surface area contributed by atoms with Crippen LogP contribution in [0.2, 0.25) is 0 Å². The predicted molar refractivity (Wildman–Crippen MR) is 61.7 cm³/mol. The Kier molecular flexibility index (Phi) is 2.90. The van der Waals surface area contributed by atoms with Gasteiger partial charge in [-0.2, -0.15) is 0 Å². The SMILES string of the molecule is CCCCc1nc2c(C(=O)O)cccc2[nH]1. The predicted octanol–water partition coefficient (Wildman–Crippen LogP) is 2.60. The molecule has 2 N–H and O–H groups in total. The van der Waals surface area contributed by atoms with Crippen LogP contribution in [0, 0.1) is 0 Å². The van der Waals surface area contributed by atoms with Gasteiger partial charge in [0.1, 0.15) is 11.3 Å². The van der Waals surface area contributed by atoms with Crippen molar-refractivity contribution < 1.29 is 9.90 Å². The van der Waals surface area contributed by atoms with Crippen LogP contribution in [0.3, 0.4) is 0 Å². The molecule has 4 nitrogen and oxygen atoms in total. The number of carbonyl (C=O) groups is 1. The monoisotopic (exact) mass is 218 g/mol. The quantitative estimate of drug-likeness (QED) is 0.828. The number of carboxylic acid groups (broad SMARTS) is 1. The first kappa shape index (κ1) is 10.7. The maximum atomic E-state index is 11.0. The molecule has 4 heteroatoms. The summed E-state index contributed by atoms with van der Waals surface area (Å²) in [7, 11) is 0. The van der Waals surface area contributed by atoms with Crippen LogP contribution in [0.4, 0.5) is 0 Å². The number of H-pyrrole nitrogens is 1. The number of carboxylic acids is 1. The third-order valence-corrected chi connectivity index (χ3v) is 2.56. The lowest BCUT2D eigenvalue weighted by Gasteiger charge is -1.93. The third kappa shape index (κ3) is 1.91. The molecule has 0 bridgehead atoms. The van der Waals surface area contributed by atoms with Crippen LogP contribution >= 0.6 is 0 Å². The van der Waals surface area contributed by atoms with Crippen molar-refractivity contribution in [1.82, 2.24) is 9.97 Å². The van der Waals surface area contributed by atoms with E-state index in [1.807, 2.05) is 6.07 Å². The summed E-state index contributed by atoms with van der Waals surface area (Å²) >= 11 is 0. The molecule has 2 aromatic rings. The number of aromatic carboxylic acids is 1. The number of unbranched alkanes of at least 4 members (excludes halogenated alkanes) is 1. The van der Waals surface area contributed by atoms with Gasteiger partial charge in [0.2, 0.25) is 0 Å². The molecule has 2 rings (SSSR count). The van der Waals surface area contributed by atoms with E-state index in [2.05, 4.69) is 16.9 Å². The second-order valence-corrected chi connectivity index (χ2v) is 3.79. The minimum absolute atomic E-state index is 0.261. The number of hydrogen-bond donors (Lipinski definition) is 2. The van der Waals surface area contributed by atoms with E-state index in [-0.39, 0.29) is 5.56 Å². The maximum Gasteiger partial charge on any atom is 0.337 e. The van der Waals surface area contributed by atoms with Crippen molar-refractivity contribution in [2.45, 2.75) is 26.2 Å². The summed E-state index contributed by atoms with van der Waals surface area (Å²) < 4.78 is 0. The average molecular weight is 218 g/mol. The molecule has 0 aliphatic rings. The molecular formula is C12H14N2O2. The highest BCUT2D eigenvalue weighted by Gasteiger charge is 2.11. The Morgan fingerprint density at radius 1 is 1.50 bits per heavy atom. The Labute approximate surface area is 93.3 Å². The molecule has 1 aromatic carbocycles. The first-order chi connectivity index (χ1) is 7.72. The highest BCUT2D eigenvalue weighted by atomic mass is 16.4. The summed E-state index contributed by atoms with van der Waals surface area (Å²) in [6.07, 6.45) is 3.02. The van der Waals surface area contributed by atoms with Crippen LogP contribution in [0.5, 0.6) is 0 Å². The molecule has 0 unspecified atom stereocenters. The van der Waals surface area contributed by atoms with Gasteiger partial charge in [-0.15, -0.1) is 0 Å². The van der Waals surface area contributed by atoms with Crippen molar-refractivity contribution in [2.24, 2.45) is 0 Å². The minimum Gasteiger partial charge on any atom is -0.478 e. The van der Waals surface area contributed by atoms with Crippen molar-refractivity contribution in [2.75, 3.05) is 0 Å². The minimum atomic E-state index is -0.931. The summed E-state index contributed by atoms with van der Waals surface area (Å²) in [6.45, 7) is 2.12. The highest BCUT2D eigenvalue weighted by molar-refractivity contribution is 6.00. The van der Waals surface area contributed by atoms with Crippen LogP contribution in [0.25, 0.3) is 11.0 Å². The van der Waals surface area contributed by atoms with E-state index in [1.54, 1.807) is 12.1 Å². The van der Waals surface area contributed by atoms with Gasteiger partial charge < -0.3 is 10.1 Å². The molecule has 0 saturated carbocycles. The number of nitrogens with one attached hydrogen (secondary N) is 1. The van der Waals surface area contributed by atoms with Crippen LogP contribution in [-0.2, 0) is 6.42 Å². The number of fused-ring (bicyclic) bond motifs is 1. The Morgan fingerprint density at radius 2 is 2.31 bits per heavy atom. The Balaban J connectivity index is 2.44.